The van der Waals surface area contributed by atoms with Crippen LogP contribution in [-0.4, -0.2) is 48.0 Å². The number of benzene rings is 1. The van der Waals surface area contributed by atoms with Crippen molar-refractivity contribution in [2.75, 3.05) is 33.2 Å². The lowest BCUT2D eigenvalue weighted by atomic mass is 10.1. The molecule has 2 heterocycles. The standard InChI is InChI=1S/C19H26FN3S/c1-15-19(24-14-21-15)13-22(2)11-16-7-9-23(12-16)10-8-17-5-3-4-6-18(17)20/h3-6,14,16H,7-13H2,1-2H3. The van der Waals surface area contributed by atoms with Gasteiger partial charge in [0.15, 0.2) is 0 Å². The van der Waals surface area contributed by atoms with Gasteiger partial charge >= 0.3 is 0 Å². The van der Waals surface area contributed by atoms with Crippen LogP contribution in [0, 0.1) is 18.7 Å². The second-order valence-corrected chi connectivity index (χ2v) is 7.79. The number of aryl methyl sites for hydroxylation is 1. The maximum absolute atomic E-state index is 13.7. The molecule has 130 valence electrons. The van der Waals surface area contributed by atoms with Gasteiger partial charge < -0.3 is 9.80 Å². The number of hydrogen-bond donors (Lipinski definition) is 0. The highest BCUT2D eigenvalue weighted by Gasteiger charge is 2.23. The first-order valence-electron chi connectivity index (χ1n) is 8.65. The van der Waals surface area contributed by atoms with E-state index in [2.05, 4.69) is 28.8 Å². The number of aromatic nitrogens is 1. The quantitative estimate of drug-likeness (QED) is 0.763. The average Bonchev–Trinajstić information content (AvgIpc) is 3.16. The molecule has 1 atom stereocenters. The van der Waals surface area contributed by atoms with E-state index >= 15 is 0 Å². The van der Waals surface area contributed by atoms with Crippen LogP contribution in [0.3, 0.4) is 0 Å². The molecule has 24 heavy (non-hydrogen) atoms. The topological polar surface area (TPSA) is 19.4 Å². The Morgan fingerprint density at radius 1 is 1.38 bits per heavy atom. The normalized spacial score (nSPS) is 18.6. The third kappa shape index (κ3) is 4.62. The van der Waals surface area contributed by atoms with Crippen LogP contribution in [-0.2, 0) is 13.0 Å². The summed E-state index contributed by atoms with van der Waals surface area (Å²) in [7, 11) is 2.20. The summed E-state index contributed by atoms with van der Waals surface area (Å²) in [4.78, 5) is 10.6. The number of halogens is 1. The van der Waals surface area contributed by atoms with Crippen molar-refractivity contribution < 1.29 is 4.39 Å². The van der Waals surface area contributed by atoms with Crippen molar-refractivity contribution in [3.63, 3.8) is 0 Å². The maximum atomic E-state index is 13.7. The average molecular weight is 348 g/mol. The minimum atomic E-state index is -0.0760. The van der Waals surface area contributed by atoms with Gasteiger partial charge in [0.05, 0.1) is 11.2 Å². The van der Waals surface area contributed by atoms with Gasteiger partial charge in [0, 0.05) is 31.1 Å². The molecular formula is C19H26FN3S. The first kappa shape index (κ1) is 17.5. The molecule has 0 amide bonds. The second kappa shape index (κ2) is 8.19. The van der Waals surface area contributed by atoms with Crippen LogP contribution >= 0.6 is 11.3 Å². The Hall–Kier alpha value is -1.30. The molecule has 0 N–H and O–H groups in total. The lowest BCUT2D eigenvalue weighted by molar-refractivity contribution is 0.259. The fourth-order valence-corrected chi connectivity index (χ4v) is 4.33. The minimum Gasteiger partial charge on any atom is -0.303 e. The summed E-state index contributed by atoms with van der Waals surface area (Å²) in [5.74, 6) is 0.636. The molecule has 3 nitrogen and oxygen atoms in total. The van der Waals surface area contributed by atoms with E-state index in [9.17, 15) is 4.39 Å². The molecule has 5 heteroatoms. The first-order chi connectivity index (χ1) is 11.6. The van der Waals surface area contributed by atoms with Crippen LogP contribution in [0.15, 0.2) is 29.8 Å². The van der Waals surface area contributed by atoms with Gasteiger partial charge in [-0.3, -0.25) is 0 Å². The molecule has 0 radical (unpaired) electrons. The number of nitrogens with zero attached hydrogens (tertiary/aromatic N) is 3. The third-order valence-electron chi connectivity index (χ3n) is 4.85. The van der Waals surface area contributed by atoms with Crippen molar-refractivity contribution in [2.24, 2.45) is 5.92 Å². The van der Waals surface area contributed by atoms with Crippen LogP contribution in [0.2, 0.25) is 0 Å². The molecule has 1 aliphatic heterocycles. The van der Waals surface area contributed by atoms with E-state index in [1.165, 1.54) is 11.3 Å². The van der Waals surface area contributed by atoms with E-state index < -0.39 is 0 Å². The fourth-order valence-electron chi connectivity index (χ4n) is 3.47. The molecule has 0 saturated carbocycles. The van der Waals surface area contributed by atoms with Gasteiger partial charge in [-0.25, -0.2) is 9.37 Å². The Labute approximate surface area is 148 Å². The lowest BCUT2D eigenvalue weighted by Crippen LogP contribution is -2.29. The molecule has 1 fully saturated rings. The van der Waals surface area contributed by atoms with Crippen LogP contribution in [0.5, 0.6) is 0 Å². The number of likely N-dealkylation sites (tertiary alicyclic amines) is 1. The van der Waals surface area contributed by atoms with Crippen molar-refractivity contribution in [2.45, 2.75) is 26.3 Å². The second-order valence-electron chi connectivity index (χ2n) is 6.85. The highest BCUT2D eigenvalue weighted by atomic mass is 32.1. The van der Waals surface area contributed by atoms with Crippen LogP contribution in [0.25, 0.3) is 0 Å². The van der Waals surface area contributed by atoms with Gasteiger partial charge in [-0.15, -0.1) is 11.3 Å². The smallest absolute Gasteiger partial charge is 0.126 e. The lowest BCUT2D eigenvalue weighted by Gasteiger charge is -2.21. The van der Waals surface area contributed by atoms with Gasteiger partial charge in [0.2, 0.25) is 0 Å². The molecular weight excluding hydrogens is 321 g/mol. The van der Waals surface area contributed by atoms with Crippen LogP contribution in [0.1, 0.15) is 22.6 Å². The van der Waals surface area contributed by atoms with Gasteiger partial charge in [0.25, 0.3) is 0 Å². The van der Waals surface area contributed by atoms with E-state index in [0.29, 0.717) is 5.92 Å². The van der Waals surface area contributed by atoms with Crippen molar-refractivity contribution in [3.8, 4) is 0 Å². The molecule has 1 saturated heterocycles. The molecule has 1 aromatic carbocycles. The summed E-state index contributed by atoms with van der Waals surface area (Å²) in [5, 5.41) is 0. The van der Waals surface area contributed by atoms with Crippen LogP contribution < -0.4 is 0 Å². The monoisotopic (exact) mass is 347 g/mol. The summed E-state index contributed by atoms with van der Waals surface area (Å²) >= 11 is 1.74. The molecule has 1 aliphatic rings. The van der Waals surface area contributed by atoms with Gasteiger partial charge in [0.1, 0.15) is 5.82 Å². The van der Waals surface area contributed by atoms with E-state index in [4.69, 9.17) is 0 Å². The van der Waals surface area contributed by atoms with E-state index in [0.717, 1.165) is 50.4 Å². The maximum Gasteiger partial charge on any atom is 0.126 e. The largest absolute Gasteiger partial charge is 0.303 e. The number of thiazole rings is 1. The molecule has 1 unspecified atom stereocenters. The summed E-state index contributed by atoms with van der Waals surface area (Å²) in [5.41, 5.74) is 3.92. The molecule has 1 aromatic heterocycles. The predicted octanol–water partition coefficient (Wildman–Crippen LogP) is 3.59. The Morgan fingerprint density at radius 3 is 2.96 bits per heavy atom. The fraction of sp³-hybridized carbons (Fsp3) is 0.526. The predicted molar refractivity (Wildman–Crippen MR) is 97.8 cm³/mol. The SMILES string of the molecule is Cc1ncsc1CN(C)CC1CCN(CCc2ccccc2F)C1. The zero-order valence-corrected chi connectivity index (χ0v) is 15.4. The highest BCUT2D eigenvalue weighted by Crippen LogP contribution is 2.20. The number of rotatable bonds is 7. The summed E-state index contributed by atoms with van der Waals surface area (Å²) in [6.07, 6.45) is 2.04. The third-order valence-corrected chi connectivity index (χ3v) is 5.77. The molecule has 2 aromatic rings. The summed E-state index contributed by atoms with van der Waals surface area (Å²) in [6, 6.07) is 7.12. The molecule has 0 spiro atoms. The van der Waals surface area contributed by atoms with Crippen molar-refractivity contribution in [1.82, 2.24) is 14.8 Å². The molecule has 0 aliphatic carbocycles. The summed E-state index contributed by atoms with van der Waals surface area (Å²) < 4.78 is 13.7. The Kier molecular flexibility index (Phi) is 5.98. The zero-order valence-electron chi connectivity index (χ0n) is 14.5. The Balaban J connectivity index is 1.42. The van der Waals surface area contributed by atoms with Gasteiger partial charge in [-0.1, -0.05) is 18.2 Å². The van der Waals surface area contributed by atoms with E-state index in [1.807, 2.05) is 17.6 Å². The van der Waals surface area contributed by atoms with Crippen molar-refractivity contribution in [1.29, 1.82) is 0 Å². The summed E-state index contributed by atoms with van der Waals surface area (Å²) in [6.45, 7) is 7.40. The first-order valence-corrected chi connectivity index (χ1v) is 9.53. The zero-order chi connectivity index (χ0) is 16.9. The van der Waals surface area contributed by atoms with Gasteiger partial charge in [-0.2, -0.15) is 0 Å². The molecule has 3 rings (SSSR count). The number of hydrogen-bond acceptors (Lipinski definition) is 4. The van der Waals surface area contributed by atoms with Crippen molar-refractivity contribution in [3.05, 3.63) is 51.7 Å². The Bertz CT molecular complexity index is 658. The van der Waals surface area contributed by atoms with E-state index in [1.54, 1.807) is 23.5 Å². The van der Waals surface area contributed by atoms with Crippen molar-refractivity contribution >= 4 is 11.3 Å². The van der Waals surface area contributed by atoms with E-state index in [-0.39, 0.29) is 5.82 Å². The minimum absolute atomic E-state index is 0.0760. The van der Waals surface area contributed by atoms with Gasteiger partial charge in [-0.05, 0) is 50.9 Å². The Morgan fingerprint density at radius 2 is 2.21 bits per heavy atom. The highest BCUT2D eigenvalue weighted by molar-refractivity contribution is 7.09. The van der Waals surface area contributed by atoms with Crippen LogP contribution in [0.4, 0.5) is 4.39 Å². The molecule has 0 bridgehead atoms.